The number of anilines is 1. The Morgan fingerprint density at radius 1 is 1.26 bits per heavy atom. The van der Waals surface area contributed by atoms with Gasteiger partial charge >= 0.3 is 0 Å². The van der Waals surface area contributed by atoms with Crippen molar-refractivity contribution in [3.8, 4) is 0 Å². The van der Waals surface area contributed by atoms with Crippen LogP contribution in [-0.4, -0.2) is 31.3 Å². The van der Waals surface area contributed by atoms with Crippen LogP contribution in [-0.2, 0) is 20.9 Å². The topological polar surface area (TPSA) is 73.6 Å². The first-order valence-electron chi connectivity index (χ1n) is 7.99. The van der Waals surface area contributed by atoms with Gasteiger partial charge < -0.3 is 20.5 Å². The Hall–Kier alpha value is -1.14. The van der Waals surface area contributed by atoms with Crippen molar-refractivity contribution in [1.29, 1.82) is 0 Å². The van der Waals surface area contributed by atoms with Gasteiger partial charge in [0.15, 0.2) is 0 Å². The van der Waals surface area contributed by atoms with Crippen LogP contribution in [0.2, 0.25) is 0 Å². The van der Waals surface area contributed by atoms with Crippen LogP contribution >= 0.6 is 12.4 Å². The second kappa shape index (κ2) is 9.88. The fourth-order valence-corrected chi connectivity index (χ4v) is 2.01. The van der Waals surface area contributed by atoms with E-state index < -0.39 is 5.54 Å². The van der Waals surface area contributed by atoms with Gasteiger partial charge in [0.05, 0.1) is 25.4 Å². The van der Waals surface area contributed by atoms with Crippen LogP contribution in [0.5, 0.6) is 0 Å². The fourth-order valence-electron chi connectivity index (χ4n) is 2.01. The van der Waals surface area contributed by atoms with E-state index in [0.29, 0.717) is 19.8 Å². The van der Waals surface area contributed by atoms with Crippen molar-refractivity contribution in [3.05, 3.63) is 29.8 Å². The lowest BCUT2D eigenvalue weighted by Crippen LogP contribution is -2.37. The summed E-state index contributed by atoms with van der Waals surface area (Å²) in [6.07, 6.45) is 3.76. The largest absolute Gasteiger partial charge is 0.379 e. The van der Waals surface area contributed by atoms with E-state index in [9.17, 15) is 4.79 Å². The zero-order valence-electron chi connectivity index (χ0n) is 13.7. The number of amides is 1. The quantitative estimate of drug-likeness (QED) is 0.641. The van der Waals surface area contributed by atoms with E-state index in [4.69, 9.17) is 15.2 Å². The lowest BCUT2D eigenvalue weighted by atomic mass is 10.2. The molecule has 1 aromatic rings. The molecule has 0 heterocycles. The minimum atomic E-state index is -0.650. The number of carbonyl (C=O) groups is 1. The molecular weight excluding hydrogens is 316 g/mol. The van der Waals surface area contributed by atoms with E-state index in [2.05, 4.69) is 12.2 Å². The fraction of sp³-hybridized carbons (Fsp3) is 0.588. The van der Waals surface area contributed by atoms with E-state index in [1.54, 1.807) is 0 Å². The van der Waals surface area contributed by atoms with Gasteiger partial charge in [-0.3, -0.25) is 4.79 Å². The van der Waals surface area contributed by atoms with Crippen LogP contribution in [0.4, 0.5) is 5.69 Å². The number of nitrogens with one attached hydrogen (secondary N) is 1. The Balaban J connectivity index is 0.00000264. The normalized spacial score (nSPS) is 14.9. The maximum atomic E-state index is 11.9. The Bertz CT molecular complexity index is 492. The average molecular weight is 343 g/mol. The number of hydrogen-bond acceptors (Lipinski definition) is 4. The number of hydrogen-bond donors (Lipinski definition) is 2. The maximum Gasteiger partial charge on any atom is 0.244 e. The molecule has 1 aromatic carbocycles. The first kappa shape index (κ1) is 19.9. The van der Waals surface area contributed by atoms with Gasteiger partial charge in [0, 0.05) is 12.3 Å². The van der Waals surface area contributed by atoms with Crippen LogP contribution in [0.15, 0.2) is 24.3 Å². The third-order valence-corrected chi connectivity index (χ3v) is 3.71. The Morgan fingerprint density at radius 3 is 2.70 bits per heavy atom. The minimum absolute atomic E-state index is 0. The van der Waals surface area contributed by atoms with Crippen molar-refractivity contribution in [2.45, 2.75) is 44.8 Å². The van der Waals surface area contributed by atoms with Crippen molar-refractivity contribution in [3.63, 3.8) is 0 Å². The van der Waals surface area contributed by atoms with E-state index in [1.807, 2.05) is 24.3 Å². The number of rotatable bonds is 10. The summed E-state index contributed by atoms with van der Waals surface area (Å²) in [6.45, 7) is 4.64. The highest BCUT2D eigenvalue weighted by Gasteiger charge is 2.45. The molecule has 2 rings (SSSR count). The summed E-state index contributed by atoms with van der Waals surface area (Å²) in [7, 11) is 0. The molecule has 0 unspecified atom stereocenters. The number of unbranched alkanes of at least 4 members (excludes halogenated alkanes) is 1. The van der Waals surface area contributed by atoms with Crippen molar-refractivity contribution in [2.75, 3.05) is 25.1 Å². The first-order chi connectivity index (χ1) is 10.6. The van der Waals surface area contributed by atoms with Crippen LogP contribution in [0.1, 0.15) is 38.2 Å². The summed E-state index contributed by atoms with van der Waals surface area (Å²) in [4.78, 5) is 11.9. The van der Waals surface area contributed by atoms with Crippen LogP contribution < -0.4 is 11.1 Å². The molecule has 0 aromatic heterocycles. The van der Waals surface area contributed by atoms with E-state index in [0.717, 1.165) is 43.5 Å². The molecule has 1 saturated carbocycles. The van der Waals surface area contributed by atoms with Crippen molar-refractivity contribution >= 4 is 24.0 Å². The summed E-state index contributed by atoms with van der Waals surface area (Å²) in [5.74, 6) is -0.102. The summed E-state index contributed by atoms with van der Waals surface area (Å²) in [5, 5.41) is 2.87. The molecule has 0 spiro atoms. The Kier molecular flexibility index (Phi) is 8.55. The monoisotopic (exact) mass is 342 g/mol. The van der Waals surface area contributed by atoms with Gasteiger partial charge in [-0.05, 0) is 37.0 Å². The van der Waals surface area contributed by atoms with Crippen molar-refractivity contribution in [1.82, 2.24) is 0 Å². The molecule has 5 nitrogen and oxygen atoms in total. The molecule has 6 heteroatoms. The molecule has 0 bridgehead atoms. The summed E-state index contributed by atoms with van der Waals surface area (Å²) < 4.78 is 11.0. The molecule has 1 fully saturated rings. The Labute approximate surface area is 144 Å². The zero-order valence-corrected chi connectivity index (χ0v) is 14.5. The van der Waals surface area contributed by atoms with Crippen molar-refractivity contribution in [2.24, 2.45) is 5.73 Å². The predicted molar refractivity (Wildman–Crippen MR) is 93.9 cm³/mol. The number of benzene rings is 1. The third-order valence-electron chi connectivity index (χ3n) is 3.71. The van der Waals surface area contributed by atoms with Gasteiger partial charge in [0.1, 0.15) is 0 Å². The second-order valence-electron chi connectivity index (χ2n) is 5.83. The van der Waals surface area contributed by atoms with Gasteiger partial charge in [-0.15, -0.1) is 12.4 Å². The molecule has 0 saturated heterocycles. The molecule has 23 heavy (non-hydrogen) atoms. The molecule has 1 amide bonds. The SMILES string of the molecule is CCCCOCCOCc1cccc(NC(=O)C2(N)CC2)c1.Cl. The molecular formula is C17H27ClN2O3. The molecule has 0 radical (unpaired) electrons. The van der Waals surface area contributed by atoms with Gasteiger partial charge in [-0.1, -0.05) is 25.5 Å². The van der Waals surface area contributed by atoms with Crippen LogP contribution in [0.25, 0.3) is 0 Å². The highest BCUT2D eigenvalue weighted by atomic mass is 35.5. The first-order valence-corrected chi connectivity index (χ1v) is 7.99. The highest BCUT2D eigenvalue weighted by Crippen LogP contribution is 2.33. The minimum Gasteiger partial charge on any atom is -0.379 e. The number of carbonyl (C=O) groups excluding carboxylic acids is 1. The second-order valence-corrected chi connectivity index (χ2v) is 5.83. The van der Waals surface area contributed by atoms with Gasteiger partial charge in [0.25, 0.3) is 0 Å². The maximum absolute atomic E-state index is 11.9. The summed E-state index contributed by atoms with van der Waals surface area (Å²) in [6, 6.07) is 7.66. The van der Waals surface area contributed by atoms with Crippen LogP contribution in [0, 0.1) is 0 Å². The molecule has 0 atom stereocenters. The van der Waals surface area contributed by atoms with E-state index in [1.165, 1.54) is 0 Å². The summed E-state index contributed by atoms with van der Waals surface area (Å²) in [5.41, 5.74) is 7.01. The van der Waals surface area contributed by atoms with Gasteiger partial charge in [0.2, 0.25) is 5.91 Å². The average Bonchev–Trinajstić information content (AvgIpc) is 3.26. The number of halogens is 1. The number of ether oxygens (including phenoxy) is 2. The van der Waals surface area contributed by atoms with Crippen molar-refractivity contribution < 1.29 is 14.3 Å². The number of nitrogens with two attached hydrogens (primary N) is 1. The van der Waals surface area contributed by atoms with Gasteiger partial charge in [-0.2, -0.15) is 0 Å². The van der Waals surface area contributed by atoms with Crippen LogP contribution in [0.3, 0.4) is 0 Å². The standard InChI is InChI=1S/C17H26N2O3.ClH/c1-2-3-9-21-10-11-22-13-14-5-4-6-15(12-14)19-16(20)17(18)7-8-17;/h4-6,12H,2-3,7-11,13,18H2,1H3,(H,19,20);1H. The predicted octanol–water partition coefficient (Wildman–Crippen LogP) is 2.87. The van der Waals surface area contributed by atoms with E-state index in [-0.39, 0.29) is 18.3 Å². The highest BCUT2D eigenvalue weighted by molar-refractivity contribution is 6.00. The molecule has 1 aliphatic rings. The smallest absolute Gasteiger partial charge is 0.244 e. The third kappa shape index (κ3) is 6.87. The van der Waals surface area contributed by atoms with E-state index >= 15 is 0 Å². The lowest BCUT2D eigenvalue weighted by molar-refractivity contribution is -0.118. The lowest BCUT2D eigenvalue weighted by Gasteiger charge is -2.11. The zero-order chi connectivity index (χ0) is 15.8. The molecule has 0 aliphatic heterocycles. The summed E-state index contributed by atoms with van der Waals surface area (Å²) >= 11 is 0. The molecule has 130 valence electrons. The molecule has 3 N–H and O–H groups in total. The Morgan fingerprint density at radius 2 is 2.00 bits per heavy atom. The molecule has 1 aliphatic carbocycles. The van der Waals surface area contributed by atoms with Gasteiger partial charge in [-0.25, -0.2) is 0 Å².